The van der Waals surface area contributed by atoms with Crippen molar-refractivity contribution in [2.24, 2.45) is 0 Å². The number of H-pyrrole nitrogens is 1. The highest BCUT2D eigenvalue weighted by atomic mass is 35.5. The zero-order chi connectivity index (χ0) is 12.4. The van der Waals surface area contributed by atoms with Crippen molar-refractivity contribution >= 4 is 34.4 Å². The van der Waals surface area contributed by atoms with Crippen LogP contribution in [0.15, 0.2) is 47.9 Å². The van der Waals surface area contributed by atoms with Crippen LogP contribution in [0.5, 0.6) is 0 Å². The second-order valence-electron chi connectivity index (χ2n) is 3.85. The molecule has 0 aliphatic carbocycles. The van der Waals surface area contributed by atoms with Gasteiger partial charge in [-0.15, -0.1) is 0 Å². The van der Waals surface area contributed by atoms with E-state index in [9.17, 15) is 0 Å². The van der Waals surface area contributed by atoms with E-state index in [0.29, 0.717) is 0 Å². The zero-order valence-electron chi connectivity index (χ0n) is 9.43. The van der Waals surface area contributed by atoms with Gasteiger partial charge in [0.15, 0.2) is 5.16 Å². The number of rotatable bonds is 3. The molecule has 0 radical (unpaired) electrons. The third-order valence-corrected chi connectivity index (χ3v) is 3.70. The summed E-state index contributed by atoms with van der Waals surface area (Å²) in [6.07, 6.45) is 3.64. The van der Waals surface area contributed by atoms with Gasteiger partial charge in [-0.05, 0) is 29.8 Å². The van der Waals surface area contributed by atoms with E-state index in [4.69, 9.17) is 11.6 Å². The summed E-state index contributed by atoms with van der Waals surface area (Å²) < 4.78 is 0. The van der Waals surface area contributed by atoms with E-state index >= 15 is 0 Å². The first-order valence-corrected chi connectivity index (χ1v) is 6.84. The summed E-state index contributed by atoms with van der Waals surface area (Å²) in [7, 11) is 0. The topological polar surface area (TPSA) is 41.6 Å². The lowest BCUT2D eigenvalue weighted by atomic mass is 10.3. The van der Waals surface area contributed by atoms with Crippen LogP contribution in [0, 0.1) is 0 Å². The molecular weight excluding hydrogens is 266 g/mol. The average Bonchev–Trinajstić information content (AvgIpc) is 2.79. The van der Waals surface area contributed by atoms with Crippen LogP contribution in [0.3, 0.4) is 0 Å². The smallest absolute Gasteiger partial charge is 0.166 e. The Morgan fingerprint density at radius 2 is 2.22 bits per heavy atom. The van der Waals surface area contributed by atoms with Crippen LogP contribution in [0.4, 0.5) is 0 Å². The first-order chi connectivity index (χ1) is 8.81. The van der Waals surface area contributed by atoms with Crippen molar-refractivity contribution in [1.82, 2.24) is 15.0 Å². The van der Waals surface area contributed by atoms with Gasteiger partial charge in [0, 0.05) is 23.2 Å². The fraction of sp³-hybridized carbons (Fsp3) is 0.0769. The lowest BCUT2D eigenvalue weighted by Crippen LogP contribution is -1.82. The molecule has 0 atom stereocenters. The Labute approximate surface area is 114 Å². The van der Waals surface area contributed by atoms with Crippen LogP contribution in [-0.4, -0.2) is 15.0 Å². The van der Waals surface area contributed by atoms with Gasteiger partial charge in [-0.3, -0.25) is 4.98 Å². The number of nitrogens with zero attached hydrogens (tertiary/aromatic N) is 2. The molecule has 0 aliphatic rings. The first-order valence-electron chi connectivity index (χ1n) is 5.48. The van der Waals surface area contributed by atoms with Crippen molar-refractivity contribution in [2.45, 2.75) is 10.9 Å². The van der Waals surface area contributed by atoms with Gasteiger partial charge < -0.3 is 4.98 Å². The fourth-order valence-electron chi connectivity index (χ4n) is 1.66. The highest BCUT2D eigenvalue weighted by molar-refractivity contribution is 7.98. The van der Waals surface area contributed by atoms with Gasteiger partial charge in [0.1, 0.15) is 0 Å². The van der Waals surface area contributed by atoms with Crippen molar-refractivity contribution in [3.8, 4) is 0 Å². The molecule has 0 saturated heterocycles. The third-order valence-electron chi connectivity index (χ3n) is 2.52. The van der Waals surface area contributed by atoms with Crippen molar-refractivity contribution < 1.29 is 0 Å². The highest BCUT2D eigenvalue weighted by Crippen LogP contribution is 2.24. The Bertz CT molecular complexity index is 666. The molecule has 18 heavy (non-hydrogen) atoms. The lowest BCUT2D eigenvalue weighted by molar-refractivity contribution is 1.08. The molecule has 3 nitrogen and oxygen atoms in total. The molecule has 5 heteroatoms. The van der Waals surface area contributed by atoms with Gasteiger partial charge in [-0.2, -0.15) is 0 Å². The number of imidazole rings is 1. The molecule has 0 spiro atoms. The van der Waals surface area contributed by atoms with Gasteiger partial charge in [0.25, 0.3) is 0 Å². The second kappa shape index (κ2) is 5.00. The minimum atomic E-state index is 0.718. The SMILES string of the molecule is Clc1ccc2nc(SCc3cccnc3)[nH]c2c1. The van der Waals surface area contributed by atoms with E-state index in [-0.39, 0.29) is 0 Å². The molecule has 0 bridgehead atoms. The van der Waals surface area contributed by atoms with Crippen molar-refractivity contribution in [1.29, 1.82) is 0 Å². The quantitative estimate of drug-likeness (QED) is 0.737. The van der Waals surface area contributed by atoms with Crippen molar-refractivity contribution in [3.05, 3.63) is 53.3 Å². The Kier molecular flexibility index (Phi) is 3.21. The van der Waals surface area contributed by atoms with Gasteiger partial charge in [0.2, 0.25) is 0 Å². The van der Waals surface area contributed by atoms with Crippen LogP contribution >= 0.6 is 23.4 Å². The molecule has 1 aromatic carbocycles. The van der Waals surface area contributed by atoms with E-state index in [2.05, 4.69) is 21.0 Å². The molecule has 3 aromatic rings. The van der Waals surface area contributed by atoms with Crippen LogP contribution in [-0.2, 0) is 5.75 Å². The van der Waals surface area contributed by atoms with E-state index in [1.807, 2.05) is 30.5 Å². The minimum absolute atomic E-state index is 0.718. The maximum atomic E-state index is 5.94. The summed E-state index contributed by atoms with van der Waals surface area (Å²) in [5.74, 6) is 0.849. The second-order valence-corrected chi connectivity index (χ2v) is 5.25. The summed E-state index contributed by atoms with van der Waals surface area (Å²) >= 11 is 7.59. The van der Waals surface area contributed by atoms with Crippen LogP contribution in [0.2, 0.25) is 5.02 Å². The summed E-state index contributed by atoms with van der Waals surface area (Å²) in [5, 5.41) is 1.62. The number of hydrogen-bond donors (Lipinski definition) is 1. The third kappa shape index (κ3) is 2.49. The van der Waals surface area contributed by atoms with Crippen molar-refractivity contribution in [2.75, 3.05) is 0 Å². The number of aromatic amines is 1. The van der Waals surface area contributed by atoms with Crippen LogP contribution < -0.4 is 0 Å². The Morgan fingerprint density at radius 3 is 3.06 bits per heavy atom. The zero-order valence-corrected chi connectivity index (χ0v) is 11.0. The number of benzene rings is 1. The largest absolute Gasteiger partial charge is 0.333 e. The number of pyridine rings is 1. The molecule has 0 aliphatic heterocycles. The Hall–Kier alpha value is -1.52. The molecule has 0 saturated carbocycles. The maximum Gasteiger partial charge on any atom is 0.166 e. The summed E-state index contributed by atoms with van der Waals surface area (Å²) in [6, 6.07) is 9.65. The molecule has 0 unspecified atom stereocenters. The first kappa shape index (κ1) is 11.6. The monoisotopic (exact) mass is 275 g/mol. The molecule has 2 aromatic heterocycles. The molecule has 3 rings (SSSR count). The predicted molar refractivity (Wildman–Crippen MR) is 74.9 cm³/mol. The summed E-state index contributed by atoms with van der Waals surface area (Å²) in [4.78, 5) is 11.8. The number of halogens is 1. The summed E-state index contributed by atoms with van der Waals surface area (Å²) in [6.45, 7) is 0. The van der Waals surface area contributed by atoms with Crippen LogP contribution in [0.25, 0.3) is 11.0 Å². The molecular formula is C13H10ClN3S. The molecule has 90 valence electrons. The standard InChI is InChI=1S/C13H10ClN3S/c14-10-3-4-11-12(6-10)17-13(16-11)18-8-9-2-1-5-15-7-9/h1-7H,8H2,(H,16,17). The average molecular weight is 276 g/mol. The fourth-order valence-corrected chi connectivity index (χ4v) is 2.65. The molecule has 0 fully saturated rings. The van der Waals surface area contributed by atoms with Gasteiger partial charge in [-0.1, -0.05) is 29.4 Å². The predicted octanol–water partition coefficient (Wildman–Crippen LogP) is 3.90. The molecule has 1 N–H and O–H groups in total. The number of fused-ring (bicyclic) bond motifs is 1. The molecule has 2 heterocycles. The van der Waals surface area contributed by atoms with Gasteiger partial charge in [-0.25, -0.2) is 4.98 Å². The number of aromatic nitrogens is 3. The molecule has 0 amide bonds. The van der Waals surface area contributed by atoms with E-state index < -0.39 is 0 Å². The minimum Gasteiger partial charge on any atom is -0.333 e. The maximum absolute atomic E-state index is 5.94. The van der Waals surface area contributed by atoms with Crippen LogP contribution in [0.1, 0.15) is 5.56 Å². The summed E-state index contributed by atoms with van der Waals surface area (Å²) in [5.41, 5.74) is 3.09. The highest BCUT2D eigenvalue weighted by Gasteiger charge is 2.04. The number of thioether (sulfide) groups is 1. The normalized spacial score (nSPS) is 10.9. The van der Waals surface area contributed by atoms with E-state index in [0.717, 1.165) is 27.0 Å². The Balaban J connectivity index is 1.79. The number of nitrogens with one attached hydrogen (secondary N) is 1. The number of hydrogen-bond acceptors (Lipinski definition) is 3. The Morgan fingerprint density at radius 1 is 1.28 bits per heavy atom. The van der Waals surface area contributed by atoms with Gasteiger partial charge in [0.05, 0.1) is 11.0 Å². The van der Waals surface area contributed by atoms with Crippen molar-refractivity contribution in [3.63, 3.8) is 0 Å². The lowest BCUT2D eigenvalue weighted by Gasteiger charge is -1.96. The van der Waals surface area contributed by atoms with E-state index in [1.165, 1.54) is 5.56 Å². The van der Waals surface area contributed by atoms with E-state index in [1.54, 1.807) is 18.0 Å². The van der Waals surface area contributed by atoms with Gasteiger partial charge >= 0.3 is 0 Å².